The lowest BCUT2D eigenvalue weighted by atomic mass is 10.1. The van der Waals surface area contributed by atoms with Gasteiger partial charge in [-0.3, -0.25) is 4.68 Å². The van der Waals surface area contributed by atoms with Gasteiger partial charge in [0.25, 0.3) is 0 Å². The van der Waals surface area contributed by atoms with Crippen LogP contribution in [0.1, 0.15) is 39.3 Å². The fraction of sp³-hybridized carbons (Fsp3) is 0.571. The third-order valence-electron chi connectivity index (χ3n) is 2.83. The number of hydrogen-bond donors (Lipinski definition) is 1. The lowest BCUT2D eigenvalue weighted by Gasteiger charge is -2.18. The van der Waals surface area contributed by atoms with Crippen molar-refractivity contribution in [1.82, 2.24) is 20.1 Å². The van der Waals surface area contributed by atoms with E-state index < -0.39 is 0 Å². The van der Waals surface area contributed by atoms with Gasteiger partial charge in [-0.2, -0.15) is 5.10 Å². The first kappa shape index (κ1) is 13.8. The SMILES string of the molecule is CCc1nn(C)cc1-c1cnc(CNC(C)(C)C)o1. The summed E-state index contributed by atoms with van der Waals surface area (Å²) in [5, 5.41) is 7.77. The average Bonchev–Trinajstić information content (AvgIpc) is 2.91. The van der Waals surface area contributed by atoms with E-state index in [9.17, 15) is 0 Å². The summed E-state index contributed by atoms with van der Waals surface area (Å²) in [5.74, 6) is 1.49. The molecule has 0 aliphatic rings. The molecule has 19 heavy (non-hydrogen) atoms. The van der Waals surface area contributed by atoms with Crippen molar-refractivity contribution in [2.45, 2.75) is 46.2 Å². The molecule has 0 radical (unpaired) electrons. The summed E-state index contributed by atoms with van der Waals surface area (Å²) >= 11 is 0. The van der Waals surface area contributed by atoms with Crippen LogP contribution in [0.4, 0.5) is 0 Å². The summed E-state index contributed by atoms with van der Waals surface area (Å²) in [5.41, 5.74) is 2.12. The van der Waals surface area contributed by atoms with Gasteiger partial charge in [0.2, 0.25) is 5.89 Å². The van der Waals surface area contributed by atoms with E-state index in [1.165, 1.54) is 0 Å². The summed E-state index contributed by atoms with van der Waals surface area (Å²) in [4.78, 5) is 4.31. The van der Waals surface area contributed by atoms with Crippen LogP contribution >= 0.6 is 0 Å². The van der Waals surface area contributed by atoms with Gasteiger partial charge in [0.15, 0.2) is 5.76 Å². The Morgan fingerprint density at radius 2 is 2.11 bits per heavy atom. The van der Waals surface area contributed by atoms with Crippen LogP contribution in [-0.2, 0) is 20.0 Å². The Morgan fingerprint density at radius 3 is 2.74 bits per heavy atom. The Bertz CT molecular complexity index is 548. The third kappa shape index (κ3) is 3.44. The second-order valence-electron chi connectivity index (χ2n) is 5.74. The van der Waals surface area contributed by atoms with Crippen LogP contribution in [0.2, 0.25) is 0 Å². The van der Waals surface area contributed by atoms with E-state index in [0.29, 0.717) is 12.4 Å². The first-order chi connectivity index (χ1) is 8.89. The second kappa shape index (κ2) is 5.17. The molecule has 2 aromatic rings. The molecule has 0 aromatic carbocycles. The smallest absolute Gasteiger partial charge is 0.208 e. The van der Waals surface area contributed by atoms with Gasteiger partial charge >= 0.3 is 0 Å². The van der Waals surface area contributed by atoms with Crippen LogP contribution < -0.4 is 5.32 Å². The predicted molar refractivity (Wildman–Crippen MR) is 74.7 cm³/mol. The highest BCUT2D eigenvalue weighted by molar-refractivity contribution is 5.58. The van der Waals surface area contributed by atoms with E-state index in [1.54, 1.807) is 6.20 Å². The van der Waals surface area contributed by atoms with Crippen LogP contribution in [0, 0.1) is 0 Å². The Labute approximate surface area is 114 Å². The van der Waals surface area contributed by atoms with E-state index in [-0.39, 0.29) is 5.54 Å². The van der Waals surface area contributed by atoms with Gasteiger partial charge in [0, 0.05) is 18.8 Å². The molecule has 0 unspecified atom stereocenters. The number of aromatic nitrogens is 3. The fourth-order valence-electron chi connectivity index (χ4n) is 1.86. The minimum Gasteiger partial charge on any atom is -0.439 e. The summed E-state index contributed by atoms with van der Waals surface area (Å²) in [6.45, 7) is 9.07. The topological polar surface area (TPSA) is 55.9 Å². The second-order valence-corrected chi connectivity index (χ2v) is 5.74. The van der Waals surface area contributed by atoms with Gasteiger partial charge in [0.1, 0.15) is 0 Å². The molecule has 0 atom stereocenters. The molecule has 5 heteroatoms. The summed E-state index contributed by atoms with van der Waals surface area (Å²) in [6.07, 6.45) is 4.63. The molecule has 0 amide bonds. The number of nitrogens with zero attached hydrogens (tertiary/aromatic N) is 3. The predicted octanol–water partition coefficient (Wildman–Crippen LogP) is 2.53. The highest BCUT2D eigenvalue weighted by Gasteiger charge is 2.15. The van der Waals surface area contributed by atoms with Crippen molar-refractivity contribution < 1.29 is 4.42 Å². The molecule has 104 valence electrons. The molecule has 5 nitrogen and oxygen atoms in total. The minimum absolute atomic E-state index is 0.0531. The van der Waals surface area contributed by atoms with Gasteiger partial charge in [-0.15, -0.1) is 0 Å². The van der Waals surface area contributed by atoms with Gasteiger partial charge in [-0.05, 0) is 27.2 Å². The Morgan fingerprint density at radius 1 is 1.37 bits per heavy atom. The largest absolute Gasteiger partial charge is 0.439 e. The molecular formula is C14H22N4O. The van der Waals surface area contributed by atoms with Crippen molar-refractivity contribution in [1.29, 1.82) is 0 Å². The Balaban J connectivity index is 2.16. The molecule has 0 aliphatic carbocycles. The van der Waals surface area contributed by atoms with Crippen molar-refractivity contribution in [3.05, 3.63) is 24.0 Å². The molecule has 0 bridgehead atoms. The van der Waals surface area contributed by atoms with Crippen molar-refractivity contribution >= 4 is 0 Å². The molecule has 0 spiro atoms. The first-order valence-corrected chi connectivity index (χ1v) is 6.61. The van der Waals surface area contributed by atoms with Crippen molar-refractivity contribution in [2.24, 2.45) is 7.05 Å². The third-order valence-corrected chi connectivity index (χ3v) is 2.83. The van der Waals surface area contributed by atoms with Crippen molar-refractivity contribution in [2.75, 3.05) is 0 Å². The molecule has 2 aromatic heterocycles. The van der Waals surface area contributed by atoms with Crippen LogP contribution in [0.5, 0.6) is 0 Å². The fourth-order valence-corrected chi connectivity index (χ4v) is 1.86. The molecular weight excluding hydrogens is 240 g/mol. The highest BCUT2D eigenvalue weighted by atomic mass is 16.4. The summed E-state index contributed by atoms with van der Waals surface area (Å²) in [7, 11) is 1.92. The maximum atomic E-state index is 5.79. The molecule has 0 fully saturated rings. The van der Waals surface area contributed by atoms with E-state index in [4.69, 9.17) is 4.42 Å². The van der Waals surface area contributed by atoms with Crippen molar-refractivity contribution in [3.8, 4) is 11.3 Å². The monoisotopic (exact) mass is 262 g/mol. The summed E-state index contributed by atoms with van der Waals surface area (Å²) < 4.78 is 7.60. The van der Waals surface area contributed by atoms with E-state index >= 15 is 0 Å². The van der Waals surface area contributed by atoms with Crippen LogP contribution in [0.25, 0.3) is 11.3 Å². The maximum absolute atomic E-state index is 5.79. The average molecular weight is 262 g/mol. The van der Waals surface area contributed by atoms with Gasteiger partial charge in [0.05, 0.1) is 24.0 Å². The molecule has 0 saturated heterocycles. The quantitative estimate of drug-likeness (QED) is 0.920. The Hall–Kier alpha value is -1.62. The minimum atomic E-state index is 0.0531. The molecule has 0 aliphatic heterocycles. The zero-order chi connectivity index (χ0) is 14.0. The lowest BCUT2D eigenvalue weighted by Crippen LogP contribution is -2.35. The van der Waals surface area contributed by atoms with Gasteiger partial charge in [-0.25, -0.2) is 4.98 Å². The van der Waals surface area contributed by atoms with Crippen LogP contribution in [-0.4, -0.2) is 20.3 Å². The zero-order valence-corrected chi connectivity index (χ0v) is 12.3. The molecule has 2 rings (SSSR count). The number of aryl methyl sites for hydroxylation is 2. The summed E-state index contributed by atoms with van der Waals surface area (Å²) in [6, 6.07) is 0. The number of nitrogens with one attached hydrogen (secondary N) is 1. The molecule has 2 heterocycles. The number of rotatable bonds is 4. The van der Waals surface area contributed by atoms with E-state index in [1.807, 2.05) is 17.9 Å². The van der Waals surface area contributed by atoms with Crippen molar-refractivity contribution in [3.63, 3.8) is 0 Å². The van der Waals surface area contributed by atoms with E-state index in [0.717, 1.165) is 23.4 Å². The van der Waals surface area contributed by atoms with Crippen LogP contribution in [0.3, 0.4) is 0 Å². The standard InChI is InChI=1S/C14H22N4O/c1-6-11-10(9-18(5)17-11)12-7-15-13(19-12)8-16-14(2,3)4/h7,9,16H,6,8H2,1-5H3. The zero-order valence-electron chi connectivity index (χ0n) is 12.3. The lowest BCUT2D eigenvalue weighted by molar-refractivity contribution is 0.383. The molecule has 0 saturated carbocycles. The van der Waals surface area contributed by atoms with Gasteiger partial charge < -0.3 is 9.73 Å². The number of oxazole rings is 1. The normalized spacial score (nSPS) is 12.1. The van der Waals surface area contributed by atoms with Crippen LogP contribution in [0.15, 0.2) is 16.8 Å². The van der Waals surface area contributed by atoms with Gasteiger partial charge in [-0.1, -0.05) is 6.92 Å². The van der Waals surface area contributed by atoms with E-state index in [2.05, 4.69) is 43.1 Å². The maximum Gasteiger partial charge on any atom is 0.208 e. The first-order valence-electron chi connectivity index (χ1n) is 6.61. The molecule has 1 N–H and O–H groups in total. The highest BCUT2D eigenvalue weighted by Crippen LogP contribution is 2.24. The Kier molecular flexibility index (Phi) is 3.75. The number of hydrogen-bond acceptors (Lipinski definition) is 4.